The van der Waals surface area contributed by atoms with Crippen LogP contribution in [0.25, 0.3) is 0 Å². The third-order valence-electron chi connectivity index (χ3n) is 5.81. The molecule has 0 saturated carbocycles. The van der Waals surface area contributed by atoms with E-state index in [1.807, 2.05) is 6.07 Å². The van der Waals surface area contributed by atoms with Gasteiger partial charge in [-0.3, -0.25) is 24.4 Å². The Bertz CT molecular complexity index is 1200. The number of amides is 1. The largest absolute Gasteiger partial charge is 0.320 e. The van der Waals surface area contributed by atoms with Crippen molar-refractivity contribution in [2.45, 2.75) is 44.1 Å². The first-order chi connectivity index (χ1) is 15.8. The van der Waals surface area contributed by atoms with E-state index in [0.29, 0.717) is 11.1 Å². The molecule has 33 heavy (non-hydrogen) atoms. The number of halogens is 2. The summed E-state index contributed by atoms with van der Waals surface area (Å²) in [7, 11) is 0. The Labute approximate surface area is 188 Å². The molecule has 1 fully saturated rings. The van der Waals surface area contributed by atoms with Crippen LogP contribution in [0.2, 0.25) is 0 Å². The highest BCUT2D eigenvalue weighted by atomic mass is 19.3. The number of aromatic nitrogens is 1. The van der Waals surface area contributed by atoms with Crippen LogP contribution in [-0.2, 0) is 17.6 Å². The topological polar surface area (TPSA) is 103 Å². The maximum Gasteiger partial charge on any atom is 0.268 e. The van der Waals surface area contributed by atoms with Crippen molar-refractivity contribution in [2.75, 3.05) is 6.54 Å². The second-order valence-electron chi connectivity index (χ2n) is 8.14. The van der Waals surface area contributed by atoms with Crippen molar-refractivity contribution in [2.24, 2.45) is 4.99 Å². The second kappa shape index (κ2) is 8.98. The number of rotatable bonds is 7. The molecular formula is C24H20F2N4O3. The van der Waals surface area contributed by atoms with Crippen LogP contribution in [0.15, 0.2) is 41.7 Å². The van der Waals surface area contributed by atoms with E-state index in [9.17, 15) is 23.2 Å². The molecule has 1 atom stereocenters. The van der Waals surface area contributed by atoms with Crippen molar-refractivity contribution in [3.8, 4) is 6.07 Å². The summed E-state index contributed by atoms with van der Waals surface area (Å²) in [4.78, 5) is 47.1. The number of Topliss-reactive ketones (excluding diaryl/α,β-unsaturated/α-hetero) is 2. The zero-order valence-corrected chi connectivity index (χ0v) is 17.6. The van der Waals surface area contributed by atoms with Crippen LogP contribution in [0.4, 0.5) is 14.5 Å². The molecule has 0 spiro atoms. The number of hydrogen-bond acceptors (Lipinski definition) is 6. The smallest absolute Gasteiger partial charge is 0.268 e. The van der Waals surface area contributed by atoms with Crippen LogP contribution in [0.3, 0.4) is 0 Å². The maximum absolute atomic E-state index is 13.6. The lowest BCUT2D eigenvalue weighted by molar-refractivity contribution is -0.132. The predicted octanol–water partition coefficient (Wildman–Crippen LogP) is 3.49. The number of carbonyl (C=O) groups is 3. The van der Waals surface area contributed by atoms with Gasteiger partial charge in [0.15, 0.2) is 11.6 Å². The zero-order valence-electron chi connectivity index (χ0n) is 17.6. The molecule has 3 heterocycles. The molecule has 1 aromatic carbocycles. The Morgan fingerprint density at radius 2 is 2.00 bits per heavy atom. The fourth-order valence-corrected chi connectivity index (χ4v) is 4.08. The van der Waals surface area contributed by atoms with Gasteiger partial charge in [-0.25, -0.2) is 8.78 Å². The SMILES string of the molecule is N#C[C@@H]1CC(F)(F)CN1C(=O)CCC(=O)c1ccncc1CC(=O)c1ccc2c(c1)N=CC2. The van der Waals surface area contributed by atoms with Gasteiger partial charge in [-0.05, 0) is 23.3 Å². The molecule has 9 heteroatoms. The lowest BCUT2D eigenvalue weighted by Crippen LogP contribution is -2.36. The molecule has 1 amide bonds. The highest BCUT2D eigenvalue weighted by molar-refractivity contribution is 6.03. The third-order valence-corrected chi connectivity index (χ3v) is 5.81. The molecule has 0 bridgehead atoms. The first-order valence-electron chi connectivity index (χ1n) is 10.5. The van der Waals surface area contributed by atoms with Crippen LogP contribution in [0.5, 0.6) is 0 Å². The fourth-order valence-electron chi connectivity index (χ4n) is 4.08. The van der Waals surface area contributed by atoms with Crippen molar-refractivity contribution < 1.29 is 23.2 Å². The van der Waals surface area contributed by atoms with Crippen molar-refractivity contribution >= 4 is 29.4 Å². The molecule has 168 valence electrons. The standard InChI is InChI=1S/C24H20F2N4O3/c25-24(26)11-18(12-27)30(14-24)23(33)4-3-21(31)19-6-7-28-13-17(19)10-22(32)16-2-1-15-5-8-29-20(15)9-16/h1-2,6-9,13,18H,3-5,10-11,14H2/t18-/m0/s1. The van der Waals surface area contributed by atoms with E-state index >= 15 is 0 Å². The van der Waals surface area contributed by atoms with Gasteiger partial charge in [-0.2, -0.15) is 5.26 Å². The molecule has 0 N–H and O–H groups in total. The molecule has 1 aromatic heterocycles. The minimum absolute atomic E-state index is 0.0553. The van der Waals surface area contributed by atoms with E-state index in [4.69, 9.17) is 5.26 Å². The number of hydrogen-bond donors (Lipinski definition) is 0. The summed E-state index contributed by atoms with van der Waals surface area (Å²) in [6.45, 7) is -0.821. The molecule has 4 rings (SSSR count). The van der Waals surface area contributed by atoms with Gasteiger partial charge in [-0.1, -0.05) is 12.1 Å². The van der Waals surface area contributed by atoms with Gasteiger partial charge < -0.3 is 4.90 Å². The number of fused-ring (bicyclic) bond motifs is 1. The second-order valence-corrected chi connectivity index (χ2v) is 8.14. The summed E-state index contributed by atoms with van der Waals surface area (Å²) in [5, 5.41) is 9.05. The first-order valence-corrected chi connectivity index (χ1v) is 10.5. The Kier molecular flexibility index (Phi) is 6.09. The number of pyridine rings is 1. The summed E-state index contributed by atoms with van der Waals surface area (Å²) >= 11 is 0. The Morgan fingerprint density at radius 1 is 1.18 bits per heavy atom. The van der Waals surface area contributed by atoms with Crippen LogP contribution in [0, 0.1) is 11.3 Å². The van der Waals surface area contributed by atoms with Gasteiger partial charge in [0.1, 0.15) is 6.04 Å². The van der Waals surface area contributed by atoms with Crippen LogP contribution >= 0.6 is 0 Å². The number of likely N-dealkylation sites (tertiary alicyclic amines) is 1. The minimum Gasteiger partial charge on any atom is -0.320 e. The average molecular weight is 450 g/mol. The molecule has 2 aliphatic rings. The van der Waals surface area contributed by atoms with Crippen molar-refractivity contribution in [1.29, 1.82) is 5.26 Å². The highest BCUT2D eigenvalue weighted by Crippen LogP contribution is 2.32. The van der Waals surface area contributed by atoms with E-state index in [2.05, 4.69) is 9.98 Å². The average Bonchev–Trinajstić information content (AvgIpc) is 3.40. The number of aliphatic imine (C=N–C) groups is 1. The van der Waals surface area contributed by atoms with Crippen LogP contribution in [0.1, 0.15) is 51.1 Å². The highest BCUT2D eigenvalue weighted by Gasteiger charge is 2.47. The molecule has 0 aliphatic carbocycles. The lowest BCUT2D eigenvalue weighted by atomic mass is 9.96. The summed E-state index contributed by atoms with van der Waals surface area (Å²) in [6.07, 6.45) is 4.08. The summed E-state index contributed by atoms with van der Waals surface area (Å²) < 4.78 is 27.2. The van der Waals surface area contributed by atoms with E-state index in [-0.39, 0.29) is 30.6 Å². The summed E-state index contributed by atoms with van der Waals surface area (Å²) in [5.74, 6) is -4.38. The molecule has 2 aliphatic heterocycles. The van der Waals surface area contributed by atoms with Gasteiger partial charge in [-0.15, -0.1) is 0 Å². The Morgan fingerprint density at radius 3 is 2.79 bits per heavy atom. The van der Waals surface area contributed by atoms with E-state index in [1.54, 1.807) is 24.4 Å². The minimum atomic E-state index is -3.11. The van der Waals surface area contributed by atoms with Gasteiger partial charge in [0.25, 0.3) is 5.92 Å². The number of nitriles is 1. The third kappa shape index (κ3) is 4.85. The van der Waals surface area contributed by atoms with Gasteiger partial charge >= 0.3 is 0 Å². The lowest BCUT2D eigenvalue weighted by Gasteiger charge is -2.19. The van der Waals surface area contributed by atoms with Gasteiger partial charge in [0.2, 0.25) is 5.91 Å². The first kappa shape index (κ1) is 22.4. The maximum atomic E-state index is 13.6. The monoisotopic (exact) mass is 450 g/mol. The summed E-state index contributed by atoms with van der Waals surface area (Å²) in [5.41, 5.74) is 2.95. The van der Waals surface area contributed by atoms with Crippen LogP contribution in [-0.4, -0.2) is 52.1 Å². The Hall–Kier alpha value is -3.80. The van der Waals surface area contributed by atoms with Gasteiger partial charge in [0, 0.05) is 61.8 Å². The number of ketones is 2. The quantitative estimate of drug-likeness (QED) is 0.601. The molecule has 1 saturated heterocycles. The van der Waals surface area contributed by atoms with Crippen molar-refractivity contribution in [1.82, 2.24) is 9.88 Å². The zero-order chi connectivity index (χ0) is 23.6. The number of benzene rings is 1. The molecule has 7 nitrogen and oxygen atoms in total. The number of carbonyl (C=O) groups excluding carboxylic acids is 3. The number of nitrogens with zero attached hydrogens (tertiary/aromatic N) is 4. The van der Waals surface area contributed by atoms with E-state index in [0.717, 1.165) is 22.6 Å². The van der Waals surface area contributed by atoms with E-state index in [1.165, 1.54) is 18.5 Å². The number of alkyl halides is 2. The van der Waals surface area contributed by atoms with Crippen molar-refractivity contribution in [3.05, 3.63) is 58.9 Å². The van der Waals surface area contributed by atoms with Gasteiger partial charge in [0.05, 0.1) is 18.3 Å². The summed E-state index contributed by atoms with van der Waals surface area (Å²) in [6, 6.07) is 7.29. The van der Waals surface area contributed by atoms with Crippen molar-refractivity contribution in [3.63, 3.8) is 0 Å². The molecule has 0 radical (unpaired) electrons. The fraction of sp³-hybridized carbons (Fsp3) is 0.333. The molecule has 0 unspecified atom stereocenters. The van der Waals surface area contributed by atoms with E-state index < -0.39 is 36.6 Å². The molecular weight excluding hydrogens is 430 g/mol. The van der Waals surface area contributed by atoms with Crippen LogP contribution < -0.4 is 0 Å². The normalized spacial score (nSPS) is 18.1. The molecule has 2 aromatic rings. The Balaban J connectivity index is 1.42. The predicted molar refractivity (Wildman–Crippen MR) is 115 cm³/mol.